The lowest BCUT2D eigenvalue weighted by molar-refractivity contribution is 0.566. The molecule has 1 aromatic carbocycles. The number of unbranched alkanes of at least 4 members (excludes halogenated alkanes) is 9. The SMILES string of the molecule is CCCCCCCCCCC/C=C/CCS(=O)c1ccccc1. The molecule has 0 saturated carbocycles. The van der Waals surface area contributed by atoms with Crippen molar-refractivity contribution in [2.24, 2.45) is 0 Å². The molecule has 0 spiro atoms. The summed E-state index contributed by atoms with van der Waals surface area (Å²) < 4.78 is 12.0. The second kappa shape index (κ2) is 14.7. The third-order valence-corrected chi connectivity index (χ3v) is 5.52. The maximum absolute atomic E-state index is 12.0. The van der Waals surface area contributed by atoms with Crippen LogP contribution in [0.15, 0.2) is 47.4 Å². The molecule has 1 nitrogen and oxygen atoms in total. The van der Waals surface area contributed by atoms with Gasteiger partial charge in [0.15, 0.2) is 0 Å². The van der Waals surface area contributed by atoms with Crippen LogP contribution in [0.1, 0.15) is 77.6 Å². The Morgan fingerprint density at radius 3 is 2.00 bits per heavy atom. The van der Waals surface area contributed by atoms with E-state index in [1.54, 1.807) is 0 Å². The smallest absolute Gasteiger partial charge is 0.0532 e. The first-order valence-electron chi connectivity index (χ1n) is 9.43. The molecule has 2 heteroatoms. The van der Waals surface area contributed by atoms with Crippen molar-refractivity contribution >= 4 is 10.8 Å². The molecule has 23 heavy (non-hydrogen) atoms. The van der Waals surface area contributed by atoms with Crippen molar-refractivity contribution in [2.45, 2.75) is 82.4 Å². The van der Waals surface area contributed by atoms with Gasteiger partial charge in [-0.2, -0.15) is 0 Å². The topological polar surface area (TPSA) is 17.1 Å². The second-order valence-corrected chi connectivity index (χ2v) is 7.81. The van der Waals surface area contributed by atoms with E-state index in [4.69, 9.17) is 0 Å². The molecule has 0 saturated heterocycles. The van der Waals surface area contributed by atoms with E-state index in [0.717, 1.165) is 17.1 Å². The van der Waals surface area contributed by atoms with Crippen LogP contribution < -0.4 is 0 Å². The molecular formula is C21H34OS. The highest BCUT2D eigenvalue weighted by molar-refractivity contribution is 7.85. The molecule has 1 unspecified atom stereocenters. The van der Waals surface area contributed by atoms with E-state index in [0.29, 0.717) is 0 Å². The summed E-state index contributed by atoms with van der Waals surface area (Å²) in [5, 5.41) is 0. The highest BCUT2D eigenvalue weighted by Gasteiger charge is 2.00. The van der Waals surface area contributed by atoms with E-state index in [1.807, 2.05) is 30.3 Å². The zero-order chi connectivity index (χ0) is 16.6. The van der Waals surface area contributed by atoms with E-state index in [9.17, 15) is 4.21 Å². The normalized spacial score (nSPS) is 12.7. The fraction of sp³-hybridized carbons (Fsp3) is 0.619. The summed E-state index contributed by atoms with van der Waals surface area (Å²) in [4.78, 5) is 0.944. The third kappa shape index (κ3) is 11.3. The minimum absolute atomic E-state index is 0.734. The summed E-state index contributed by atoms with van der Waals surface area (Å²) >= 11 is 0. The Kier molecular flexibility index (Phi) is 12.9. The monoisotopic (exact) mass is 334 g/mol. The average molecular weight is 335 g/mol. The van der Waals surface area contributed by atoms with E-state index < -0.39 is 10.8 Å². The zero-order valence-electron chi connectivity index (χ0n) is 14.8. The molecule has 130 valence electrons. The van der Waals surface area contributed by atoms with Gasteiger partial charge in [-0.1, -0.05) is 88.6 Å². The maximum atomic E-state index is 12.0. The quantitative estimate of drug-likeness (QED) is 0.274. The predicted molar refractivity (Wildman–Crippen MR) is 103 cm³/mol. The van der Waals surface area contributed by atoms with Gasteiger partial charge >= 0.3 is 0 Å². The van der Waals surface area contributed by atoms with Crippen LogP contribution in [0.25, 0.3) is 0 Å². The first-order valence-corrected chi connectivity index (χ1v) is 10.7. The van der Waals surface area contributed by atoms with E-state index in [2.05, 4.69) is 19.1 Å². The Hall–Kier alpha value is -0.890. The number of benzene rings is 1. The van der Waals surface area contributed by atoms with Crippen LogP contribution in [0.4, 0.5) is 0 Å². The van der Waals surface area contributed by atoms with Crippen LogP contribution in [-0.2, 0) is 10.8 Å². The summed E-state index contributed by atoms with van der Waals surface area (Å²) in [6.45, 7) is 2.27. The summed E-state index contributed by atoms with van der Waals surface area (Å²) in [5.74, 6) is 0.734. The van der Waals surface area contributed by atoms with Gasteiger partial charge in [0.05, 0.1) is 10.8 Å². The molecule has 0 radical (unpaired) electrons. The van der Waals surface area contributed by atoms with Gasteiger partial charge in [0.1, 0.15) is 0 Å². The van der Waals surface area contributed by atoms with E-state index >= 15 is 0 Å². The second-order valence-electron chi connectivity index (χ2n) is 6.24. The molecule has 0 aliphatic rings. The summed E-state index contributed by atoms with van der Waals surface area (Å²) in [7, 11) is -0.850. The van der Waals surface area contributed by atoms with Crippen LogP contribution >= 0.6 is 0 Å². The Morgan fingerprint density at radius 2 is 1.35 bits per heavy atom. The van der Waals surface area contributed by atoms with Crippen molar-refractivity contribution in [3.05, 3.63) is 42.5 Å². The molecule has 0 N–H and O–H groups in total. The molecule has 0 amide bonds. The summed E-state index contributed by atoms with van der Waals surface area (Å²) in [6.07, 6.45) is 19.0. The fourth-order valence-corrected chi connectivity index (χ4v) is 3.72. The van der Waals surface area contributed by atoms with Gasteiger partial charge in [-0.25, -0.2) is 0 Å². The van der Waals surface area contributed by atoms with Crippen molar-refractivity contribution in [3.63, 3.8) is 0 Å². The lowest BCUT2D eigenvalue weighted by atomic mass is 10.1. The van der Waals surface area contributed by atoms with Crippen LogP contribution in [0, 0.1) is 0 Å². The van der Waals surface area contributed by atoms with Gasteiger partial charge in [-0.3, -0.25) is 4.21 Å². The van der Waals surface area contributed by atoms with E-state index in [1.165, 1.54) is 64.2 Å². The van der Waals surface area contributed by atoms with E-state index in [-0.39, 0.29) is 0 Å². The van der Waals surface area contributed by atoms with Crippen LogP contribution in [0.2, 0.25) is 0 Å². The number of hydrogen-bond acceptors (Lipinski definition) is 1. The molecular weight excluding hydrogens is 300 g/mol. The van der Waals surface area contributed by atoms with Gasteiger partial charge in [-0.15, -0.1) is 0 Å². The number of hydrogen-bond donors (Lipinski definition) is 0. The van der Waals surface area contributed by atoms with Gasteiger partial charge in [0, 0.05) is 10.6 Å². The molecule has 1 atom stereocenters. The molecule has 0 heterocycles. The molecule has 1 rings (SSSR count). The predicted octanol–water partition coefficient (Wildman–Crippen LogP) is 6.66. The van der Waals surface area contributed by atoms with Gasteiger partial charge < -0.3 is 0 Å². The first-order chi connectivity index (χ1) is 11.3. The largest absolute Gasteiger partial charge is 0.254 e. The molecule has 0 bridgehead atoms. The Bertz CT molecular complexity index is 425. The minimum Gasteiger partial charge on any atom is -0.254 e. The van der Waals surface area contributed by atoms with Crippen LogP contribution in [-0.4, -0.2) is 9.96 Å². The average Bonchev–Trinajstić information content (AvgIpc) is 2.59. The molecule has 0 aliphatic carbocycles. The van der Waals surface area contributed by atoms with Gasteiger partial charge in [0.2, 0.25) is 0 Å². The van der Waals surface area contributed by atoms with Crippen molar-refractivity contribution in [2.75, 3.05) is 5.75 Å². The zero-order valence-corrected chi connectivity index (χ0v) is 15.7. The third-order valence-electron chi connectivity index (χ3n) is 4.12. The lowest BCUT2D eigenvalue weighted by Gasteiger charge is -2.01. The maximum Gasteiger partial charge on any atom is 0.0532 e. The minimum atomic E-state index is -0.850. The van der Waals surface area contributed by atoms with Crippen LogP contribution in [0.3, 0.4) is 0 Å². The fourth-order valence-electron chi connectivity index (χ4n) is 2.67. The number of allylic oxidation sites excluding steroid dienone is 2. The van der Waals surface area contributed by atoms with Gasteiger partial charge in [-0.05, 0) is 31.4 Å². The molecule has 0 aromatic heterocycles. The van der Waals surface area contributed by atoms with Crippen molar-refractivity contribution < 1.29 is 4.21 Å². The molecule has 0 fully saturated rings. The van der Waals surface area contributed by atoms with Gasteiger partial charge in [0.25, 0.3) is 0 Å². The highest BCUT2D eigenvalue weighted by Crippen LogP contribution is 2.11. The lowest BCUT2D eigenvalue weighted by Crippen LogP contribution is -1.96. The van der Waals surface area contributed by atoms with Crippen molar-refractivity contribution in [1.29, 1.82) is 0 Å². The van der Waals surface area contributed by atoms with Crippen molar-refractivity contribution in [3.8, 4) is 0 Å². The first kappa shape index (κ1) is 20.2. The molecule has 0 aliphatic heterocycles. The Balaban J connectivity index is 1.90. The highest BCUT2D eigenvalue weighted by atomic mass is 32.2. The number of rotatable bonds is 14. The Morgan fingerprint density at radius 1 is 0.783 bits per heavy atom. The summed E-state index contributed by atoms with van der Waals surface area (Å²) in [5.41, 5.74) is 0. The van der Waals surface area contributed by atoms with Crippen molar-refractivity contribution in [1.82, 2.24) is 0 Å². The standard InChI is InChI=1S/C21H34OS/c1-2-3-4-5-6-7-8-9-10-11-12-13-17-20-23(22)21-18-15-14-16-19-21/h12-16,18-19H,2-11,17,20H2,1H3/b13-12+. The van der Waals surface area contributed by atoms with Crippen LogP contribution in [0.5, 0.6) is 0 Å². The molecule has 1 aromatic rings. The summed E-state index contributed by atoms with van der Waals surface area (Å²) in [6, 6.07) is 9.76. The Labute approximate surface area is 146 Å².